The summed E-state index contributed by atoms with van der Waals surface area (Å²) in [4.78, 5) is 4.35. The Balaban J connectivity index is 1.96. The van der Waals surface area contributed by atoms with Crippen molar-refractivity contribution in [2.24, 2.45) is 0 Å². The third kappa shape index (κ3) is 2.29. The number of nitrogen functional groups attached to an aromatic ring is 1. The van der Waals surface area contributed by atoms with E-state index in [1.54, 1.807) is 6.07 Å². The van der Waals surface area contributed by atoms with Crippen molar-refractivity contribution in [2.75, 3.05) is 11.1 Å². The molecule has 0 bridgehead atoms. The summed E-state index contributed by atoms with van der Waals surface area (Å²) in [7, 11) is 0. The van der Waals surface area contributed by atoms with Gasteiger partial charge in [0.15, 0.2) is 5.58 Å². The fourth-order valence-electron chi connectivity index (χ4n) is 1.87. The molecule has 1 aromatic heterocycles. The van der Waals surface area contributed by atoms with Gasteiger partial charge in [0, 0.05) is 10.2 Å². The summed E-state index contributed by atoms with van der Waals surface area (Å²) >= 11 is 3.47. The molecule has 0 atom stereocenters. The van der Waals surface area contributed by atoms with Gasteiger partial charge in [-0.25, -0.2) is 0 Å². The number of rotatable bonds is 2. The molecule has 4 nitrogen and oxygen atoms in total. The van der Waals surface area contributed by atoms with Crippen molar-refractivity contribution >= 4 is 44.4 Å². The second-order valence-corrected chi connectivity index (χ2v) is 5.16. The van der Waals surface area contributed by atoms with Crippen LogP contribution in [0, 0.1) is 6.92 Å². The SMILES string of the molecule is Cc1cc(Nc2nc3c(N)cccc3o2)ccc1Br. The van der Waals surface area contributed by atoms with Gasteiger partial charge in [-0.15, -0.1) is 0 Å². The minimum Gasteiger partial charge on any atom is -0.423 e. The molecule has 3 N–H and O–H groups in total. The molecule has 0 fully saturated rings. The van der Waals surface area contributed by atoms with Gasteiger partial charge in [-0.3, -0.25) is 0 Å². The highest BCUT2D eigenvalue weighted by atomic mass is 79.9. The van der Waals surface area contributed by atoms with E-state index in [9.17, 15) is 0 Å². The van der Waals surface area contributed by atoms with Crippen LogP contribution in [0.5, 0.6) is 0 Å². The maximum absolute atomic E-state index is 5.85. The summed E-state index contributed by atoms with van der Waals surface area (Å²) in [6.07, 6.45) is 0. The number of nitrogens with zero attached hydrogens (tertiary/aromatic N) is 1. The van der Waals surface area contributed by atoms with Gasteiger partial charge in [0.05, 0.1) is 5.69 Å². The Bertz CT molecular complexity index is 752. The summed E-state index contributed by atoms with van der Waals surface area (Å²) in [5.74, 6) is 0. The first-order valence-corrected chi connectivity index (χ1v) is 6.61. The van der Waals surface area contributed by atoms with Gasteiger partial charge in [0.2, 0.25) is 0 Å². The van der Waals surface area contributed by atoms with E-state index >= 15 is 0 Å². The van der Waals surface area contributed by atoms with Crippen molar-refractivity contribution in [1.29, 1.82) is 0 Å². The summed E-state index contributed by atoms with van der Waals surface area (Å²) in [5, 5.41) is 3.13. The van der Waals surface area contributed by atoms with Crippen LogP contribution < -0.4 is 11.1 Å². The third-order valence-electron chi connectivity index (χ3n) is 2.86. The first-order valence-electron chi connectivity index (χ1n) is 5.82. The van der Waals surface area contributed by atoms with Crippen LogP contribution in [0.25, 0.3) is 11.1 Å². The number of hydrogen-bond acceptors (Lipinski definition) is 4. The lowest BCUT2D eigenvalue weighted by atomic mass is 10.2. The molecule has 0 saturated heterocycles. The Morgan fingerprint density at radius 1 is 1.26 bits per heavy atom. The van der Waals surface area contributed by atoms with Crippen molar-refractivity contribution in [1.82, 2.24) is 4.98 Å². The zero-order valence-electron chi connectivity index (χ0n) is 10.3. The van der Waals surface area contributed by atoms with Gasteiger partial charge in [0.25, 0.3) is 6.01 Å². The molecule has 0 saturated carbocycles. The zero-order valence-corrected chi connectivity index (χ0v) is 11.9. The first-order chi connectivity index (χ1) is 9.13. The van der Waals surface area contributed by atoms with E-state index in [0.29, 0.717) is 22.8 Å². The lowest BCUT2D eigenvalue weighted by molar-refractivity contribution is 0.623. The number of aryl methyl sites for hydroxylation is 1. The predicted molar refractivity (Wildman–Crippen MR) is 80.6 cm³/mol. The molecule has 3 aromatic rings. The van der Waals surface area contributed by atoms with Gasteiger partial charge in [0.1, 0.15) is 5.52 Å². The normalized spacial score (nSPS) is 10.8. The molecule has 0 aliphatic carbocycles. The highest BCUT2D eigenvalue weighted by molar-refractivity contribution is 9.10. The maximum Gasteiger partial charge on any atom is 0.300 e. The molecule has 1 heterocycles. The standard InChI is InChI=1S/C14H12BrN3O/c1-8-7-9(5-6-10(8)15)17-14-18-13-11(16)3-2-4-12(13)19-14/h2-7H,16H2,1H3,(H,17,18). The molecule has 0 aliphatic heterocycles. The number of oxazole rings is 1. The van der Waals surface area contributed by atoms with Gasteiger partial charge >= 0.3 is 0 Å². The van der Waals surface area contributed by atoms with Crippen LogP contribution in [0.4, 0.5) is 17.4 Å². The number of halogens is 1. The molecule has 0 spiro atoms. The lowest BCUT2D eigenvalue weighted by Gasteiger charge is -2.03. The topological polar surface area (TPSA) is 64.1 Å². The second kappa shape index (κ2) is 4.59. The number of hydrogen-bond donors (Lipinski definition) is 2. The molecule has 5 heteroatoms. The average molecular weight is 318 g/mol. The highest BCUT2D eigenvalue weighted by Crippen LogP contribution is 2.27. The summed E-state index contributed by atoms with van der Waals surface area (Å²) in [6, 6.07) is 11.9. The van der Waals surface area contributed by atoms with Crippen LogP contribution in [0.2, 0.25) is 0 Å². The largest absolute Gasteiger partial charge is 0.423 e. The molecule has 0 unspecified atom stereocenters. The van der Waals surface area contributed by atoms with Gasteiger partial charge in [-0.2, -0.15) is 4.98 Å². The summed E-state index contributed by atoms with van der Waals surface area (Å²) in [5.41, 5.74) is 9.88. The Labute approximate surface area is 118 Å². The Hall–Kier alpha value is -2.01. The average Bonchev–Trinajstić information content (AvgIpc) is 2.78. The molecule has 96 valence electrons. The zero-order chi connectivity index (χ0) is 13.4. The van der Waals surface area contributed by atoms with E-state index in [0.717, 1.165) is 15.7 Å². The highest BCUT2D eigenvalue weighted by Gasteiger charge is 2.08. The number of nitrogens with two attached hydrogens (primary N) is 1. The van der Waals surface area contributed by atoms with E-state index in [-0.39, 0.29) is 0 Å². The molecule has 19 heavy (non-hydrogen) atoms. The minimum absolute atomic E-state index is 0.439. The number of anilines is 3. The molecule has 2 aromatic carbocycles. The smallest absolute Gasteiger partial charge is 0.300 e. The van der Waals surface area contributed by atoms with Gasteiger partial charge in [-0.05, 0) is 42.8 Å². The predicted octanol–water partition coefficient (Wildman–Crippen LogP) is 4.22. The van der Waals surface area contributed by atoms with E-state index in [1.807, 2.05) is 37.3 Å². The van der Waals surface area contributed by atoms with E-state index in [4.69, 9.17) is 10.2 Å². The molecular weight excluding hydrogens is 306 g/mol. The first kappa shape index (κ1) is 12.0. The second-order valence-electron chi connectivity index (χ2n) is 4.30. The number of benzene rings is 2. The summed E-state index contributed by atoms with van der Waals surface area (Å²) in [6.45, 7) is 2.03. The van der Waals surface area contributed by atoms with Crippen molar-refractivity contribution in [2.45, 2.75) is 6.92 Å². The lowest BCUT2D eigenvalue weighted by Crippen LogP contribution is -1.91. The van der Waals surface area contributed by atoms with Crippen LogP contribution in [0.3, 0.4) is 0 Å². The van der Waals surface area contributed by atoms with Crippen LogP contribution in [-0.2, 0) is 0 Å². The number of para-hydroxylation sites is 1. The molecule has 0 amide bonds. The van der Waals surface area contributed by atoms with E-state index < -0.39 is 0 Å². The van der Waals surface area contributed by atoms with Crippen molar-refractivity contribution in [3.05, 3.63) is 46.4 Å². The minimum atomic E-state index is 0.439. The van der Waals surface area contributed by atoms with E-state index in [2.05, 4.69) is 26.2 Å². The Morgan fingerprint density at radius 2 is 2.11 bits per heavy atom. The molecule has 3 rings (SSSR count). The number of nitrogens with one attached hydrogen (secondary N) is 1. The fourth-order valence-corrected chi connectivity index (χ4v) is 2.12. The molecule has 0 radical (unpaired) electrons. The van der Waals surface area contributed by atoms with Gasteiger partial charge < -0.3 is 15.5 Å². The van der Waals surface area contributed by atoms with Crippen molar-refractivity contribution < 1.29 is 4.42 Å². The Morgan fingerprint density at radius 3 is 2.84 bits per heavy atom. The van der Waals surface area contributed by atoms with Gasteiger partial charge in [-0.1, -0.05) is 22.0 Å². The molecule has 0 aliphatic rings. The number of fused-ring (bicyclic) bond motifs is 1. The summed E-state index contributed by atoms with van der Waals surface area (Å²) < 4.78 is 6.68. The third-order valence-corrected chi connectivity index (χ3v) is 3.75. The van der Waals surface area contributed by atoms with E-state index in [1.165, 1.54) is 0 Å². The van der Waals surface area contributed by atoms with Crippen LogP contribution >= 0.6 is 15.9 Å². The quantitative estimate of drug-likeness (QED) is 0.694. The fraction of sp³-hybridized carbons (Fsp3) is 0.0714. The van der Waals surface area contributed by atoms with Crippen LogP contribution in [0.1, 0.15) is 5.56 Å². The number of aromatic nitrogens is 1. The Kier molecular flexibility index (Phi) is 2.91. The van der Waals surface area contributed by atoms with Crippen molar-refractivity contribution in [3.8, 4) is 0 Å². The van der Waals surface area contributed by atoms with Crippen LogP contribution in [0.15, 0.2) is 45.3 Å². The monoisotopic (exact) mass is 317 g/mol. The molecular formula is C14H12BrN3O. The van der Waals surface area contributed by atoms with Crippen molar-refractivity contribution in [3.63, 3.8) is 0 Å². The van der Waals surface area contributed by atoms with Crippen LogP contribution in [-0.4, -0.2) is 4.98 Å². The maximum atomic E-state index is 5.85.